The molecule has 144 valence electrons. The first-order valence-electron chi connectivity index (χ1n) is 7.76. The van der Waals surface area contributed by atoms with E-state index in [-0.39, 0.29) is 42.8 Å². The summed E-state index contributed by atoms with van der Waals surface area (Å²) >= 11 is 6.02. The summed E-state index contributed by atoms with van der Waals surface area (Å²) in [5.74, 6) is 0. The number of hydrogen-bond donors (Lipinski definition) is 1. The van der Waals surface area contributed by atoms with Gasteiger partial charge in [-0.1, -0.05) is 30.7 Å². The molecule has 0 bridgehead atoms. The van der Waals surface area contributed by atoms with Gasteiger partial charge in [0.05, 0.1) is 11.2 Å². The summed E-state index contributed by atoms with van der Waals surface area (Å²) in [5, 5.41) is 3.08. The van der Waals surface area contributed by atoms with Gasteiger partial charge in [-0.3, -0.25) is 4.68 Å². The summed E-state index contributed by atoms with van der Waals surface area (Å²) in [4.78, 5) is 4.45. The first-order valence-corrected chi connectivity index (χ1v) is 8.13. The van der Waals surface area contributed by atoms with Crippen LogP contribution in [0.3, 0.4) is 0 Å². The number of imidazole rings is 1. The molecule has 2 aromatic rings. The average Bonchev–Trinajstić information content (AvgIpc) is 2.93. The molecule has 2 N–H and O–H groups in total. The minimum absolute atomic E-state index is 0. The molecule has 8 heteroatoms. The molecule has 1 heterocycles. The van der Waals surface area contributed by atoms with E-state index in [1.165, 1.54) is 5.56 Å². The van der Waals surface area contributed by atoms with Gasteiger partial charge in [0.25, 0.3) is 0 Å². The number of nitrogens with two attached hydrogens (primary N) is 1. The molecule has 2 rings (SSSR count). The van der Waals surface area contributed by atoms with Crippen LogP contribution in [-0.2, 0) is 12.0 Å². The van der Waals surface area contributed by atoms with Gasteiger partial charge < -0.3 is 10.7 Å². The van der Waals surface area contributed by atoms with E-state index < -0.39 is 0 Å². The number of halogens is 4. The van der Waals surface area contributed by atoms with Crippen molar-refractivity contribution in [2.24, 2.45) is 5.73 Å². The van der Waals surface area contributed by atoms with Gasteiger partial charge in [-0.15, -0.1) is 37.2 Å². The van der Waals surface area contributed by atoms with Crippen molar-refractivity contribution in [1.82, 2.24) is 9.66 Å². The van der Waals surface area contributed by atoms with Crippen LogP contribution in [0.15, 0.2) is 36.8 Å². The second kappa shape index (κ2) is 11.9. The molecule has 0 spiro atoms. The zero-order valence-electron chi connectivity index (χ0n) is 14.8. The Morgan fingerprint density at radius 2 is 1.76 bits per heavy atom. The Hall–Kier alpha value is -0.650. The fraction of sp³-hybridized carbons (Fsp3) is 0.471. The number of aromatic nitrogens is 2. The molecule has 0 unspecified atom stereocenters. The van der Waals surface area contributed by atoms with Gasteiger partial charge in [-0.2, -0.15) is 0 Å². The molecule has 1 aromatic carbocycles. The van der Waals surface area contributed by atoms with E-state index in [1.54, 1.807) is 0 Å². The zero-order chi connectivity index (χ0) is 16.2. The second-order valence-electron chi connectivity index (χ2n) is 5.97. The molecule has 0 fully saturated rings. The molecule has 0 atom stereocenters. The Morgan fingerprint density at radius 3 is 2.28 bits per heavy atom. The van der Waals surface area contributed by atoms with Gasteiger partial charge in [-0.25, -0.2) is 4.98 Å². The first-order chi connectivity index (χ1) is 10.5. The third-order valence-electron chi connectivity index (χ3n) is 3.93. The predicted octanol–water partition coefficient (Wildman–Crippen LogP) is 4.59. The average molecular weight is 430 g/mol. The summed E-state index contributed by atoms with van der Waals surface area (Å²) in [6.45, 7) is 8.17. The summed E-state index contributed by atoms with van der Waals surface area (Å²) < 4.78 is 2.09. The van der Waals surface area contributed by atoms with Crippen LogP contribution in [0.4, 0.5) is 0 Å². The van der Waals surface area contributed by atoms with Gasteiger partial charge in [0, 0.05) is 24.2 Å². The van der Waals surface area contributed by atoms with Crippen LogP contribution >= 0.6 is 48.8 Å². The molecule has 0 saturated heterocycles. The molecule has 0 aliphatic carbocycles. The molecule has 0 radical (unpaired) electrons. The molecule has 4 nitrogen and oxygen atoms in total. The van der Waals surface area contributed by atoms with E-state index in [1.807, 2.05) is 18.5 Å². The molecule has 25 heavy (non-hydrogen) atoms. The lowest BCUT2D eigenvalue weighted by Crippen LogP contribution is -2.49. The van der Waals surface area contributed by atoms with Crippen molar-refractivity contribution in [3.8, 4) is 0 Å². The highest BCUT2D eigenvalue weighted by atomic mass is 35.5. The predicted molar refractivity (Wildman–Crippen MR) is 115 cm³/mol. The smallest absolute Gasteiger partial charge is 0.114 e. The maximum absolute atomic E-state index is 6.02. The SMILES string of the molecule is CCCN(n1cnc(CCN)c1)C(C)(C)c1ccc(Cl)cc1.Cl.Cl.Cl. The van der Waals surface area contributed by atoms with E-state index >= 15 is 0 Å². The highest BCUT2D eigenvalue weighted by Gasteiger charge is 2.29. The number of benzene rings is 1. The lowest BCUT2D eigenvalue weighted by molar-refractivity contribution is 0.377. The van der Waals surface area contributed by atoms with Crippen molar-refractivity contribution >= 4 is 48.8 Å². The number of hydrogen-bond acceptors (Lipinski definition) is 3. The monoisotopic (exact) mass is 428 g/mol. The Morgan fingerprint density at radius 1 is 1.16 bits per heavy atom. The largest absolute Gasteiger partial charge is 0.330 e. The molecule has 0 aliphatic rings. The molecular formula is C17H28Cl4N4. The van der Waals surface area contributed by atoms with Gasteiger partial charge in [-0.05, 0) is 44.5 Å². The van der Waals surface area contributed by atoms with E-state index in [9.17, 15) is 0 Å². The number of rotatable bonds is 7. The normalized spacial score (nSPS) is 10.3. The topological polar surface area (TPSA) is 47.1 Å². The van der Waals surface area contributed by atoms with Crippen LogP contribution in [0.25, 0.3) is 0 Å². The lowest BCUT2D eigenvalue weighted by atomic mass is 9.93. The molecule has 0 saturated carbocycles. The quantitative estimate of drug-likeness (QED) is 0.700. The standard InChI is InChI=1S/C17H25ClN4.3ClH/c1-4-11-22(21-12-16(9-10-19)20-13-21)17(2,3)14-5-7-15(18)8-6-14;;;/h5-8,12-13H,4,9-11,19H2,1-3H3;3*1H. The van der Waals surface area contributed by atoms with E-state index in [4.69, 9.17) is 17.3 Å². The van der Waals surface area contributed by atoms with Crippen LogP contribution < -0.4 is 10.7 Å². The highest BCUT2D eigenvalue weighted by Crippen LogP contribution is 2.28. The first kappa shape index (κ1) is 26.6. The van der Waals surface area contributed by atoms with Crippen molar-refractivity contribution in [1.29, 1.82) is 0 Å². The fourth-order valence-electron chi connectivity index (χ4n) is 2.66. The van der Waals surface area contributed by atoms with Crippen LogP contribution in [-0.4, -0.2) is 22.7 Å². The summed E-state index contributed by atoms with van der Waals surface area (Å²) in [5.41, 5.74) is 7.70. The molecule has 1 aromatic heterocycles. The Bertz CT molecular complexity index is 599. The van der Waals surface area contributed by atoms with Crippen LogP contribution in [0.1, 0.15) is 38.4 Å². The second-order valence-corrected chi connectivity index (χ2v) is 6.41. The highest BCUT2D eigenvalue weighted by molar-refractivity contribution is 6.30. The lowest BCUT2D eigenvalue weighted by Gasteiger charge is -2.41. The Balaban J connectivity index is 0. The van der Waals surface area contributed by atoms with E-state index in [0.717, 1.165) is 30.1 Å². The minimum atomic E-state index is -0.165. The van der Waals surface area contributed by atoms with Gasteiger partial charge in [0.1, 0.15) is 6.33 Å². The molecule has 0 aliphatic heterocycles. The Kier molecular flexibility index (Phi) is 12.6. The van der Waals surface area contributed by atoms with E-state index in [0.29, 0.717) is 6.54 Å². The minimum Gasteiger partial charge on any atom is -0.330 e. The van der Waals surface area contributed by atoms with Crippen molar-refractivity contribution in [2.45, 2.75) is 39.2 Å². The molecular weight excluding hydrogens is 402 g/mol. The summed E-state index contributed by atoms with van der Waals surface area (Å²) in [7, 11) is 0. The van der Waals surface area contributed by atoms with Crippen LogP contribution in [0.2, 0.25) is 5.02 Å². The third kappa shape index (κ3) is 6.54. The fourth-order valence-corrected chi connectivity index (χ4v) is 2.79. The summed E-state index contributed by atoms with van der Waals surface area (Å²) in [6.07, 6.45) is 5.80. The van der Waals surface area contributed by atoms with Crippen molar-refractivity contribution in [2.75, 3.05) is 18.1 Å². The van der Waals surface area contributed by atoms with Crippen molar-refractivity contribution < 1.29 is 0 Å². The maximum Gasteiger partial charge on any atom is 0.114 e. The number of nitrogens with zero attached hydrogens (tertiary/aromatic N) is 3. The van der Waals surface area contributed by atoms with Crippen molar-refractivity contribution in [3.63, 3.8) is 0 Å². The van der Waals surface area contributed by atoms with Gasteiger partial charge in [0.15, 0.2) is 0 Å². The van der Waals surface area contributed by atoms with E-state index in [2.05, 4.69) is 53.8 Å². The molecule has 0 amide bonds. The van der Waals surface area contributed by atoms with Gasteiger partial charge >= 0.3 is 0 Å². The van der Waals surface area contributed by atoms with Gasteiger partial charge in [0.2, 0.25) is 0 Å². The zero-order valence-corrected chi connectivity index (χ0v) is 18.0. The van der Waals surface area contributed by atoms with Crippen molar-refractivity contribution in [3.05, 3.63) is 53.1 Å². The third-order valence-corrected chi connectivity index (χ3v) is 4.19. The summed E-state index contributed by atoms with van der Waals surface area (Å²) in [6, 6.07) is 8.05. The Labute approximate surface area is 174 Å². The van der Waals surface area contributed by atoms with Crippen LogP contribution in [0, 0.1) is 0 Å². The van der Waals surface area contributed by atoms with Crippen LogP contribution in [0.5, 0.6) is 0 Å². The maximum atomic E-state index is 6.02.